The second-order valence-corrected chi connectivity index (χ2v) is 4.40. The van der Waals surface area contributed by atoms with E-state index in [4.69, 9.17) is 4.74 Å². The minimum absolute atomic E-state index is 0.0300. The average molecular weight is 274 g/mol. The molecule has 1 aromatic heterocycles. The van der Waals surface area contributed by atoms with Gasteiger partial charge in [0.1, 0.15) is 5.75 Å². The van der Waals surface area contributed by atoms with Crippen LogP contribution in [0.5, 0.6) is 5.75 Å². The van der Waals surface area contributed by atoms with E-state index < -0.39 is 0 Å². The van der Waals surface area contributed by atoms with Crippen LogP contribution >= 0.6 is 0 Å². The third kappa shape index (κ3) is 2.99. The van der Waals surface area contributed by atoms with Gasteiger partial charge in [0, 0.05) is 24.5 Å². The van der Waals surface area contributed by atoms with Gasteiger partial charge in [0.05, 0.1) is 5.52 Å². The SMILES string of the molecule is CCN(CC)C(=O)COc1cccc2ccc(=O)[nH]c12. The molecule has 20 heavy (non-hydrogen) atoms. The fraction of sp³-hybridized carbons (Fsp3) is 0.333. The van der Waals surface area contributed by atoms with Gasteiger partial charge in [-0.05, 0) is 26.0 Å². The number of benzene rings is 1. The van der Waals surface area contributed by atoms with Crippen LogP contribution in [0.15, 0.2) is 35.1 Å². The average Bonchev–Trinajstić information content (AvgIpc) is 2.46. The first-order valence-corrected chi connectivity index (χ1v) is 6.68. The number of carbonyl (C=O) groups excluding carboxylic acids is 1. The largest absolute Gasteiger partial charge is 0.482 e. The molecule has 0 saturated carbocycles. The molecule has 0 bridgehead atoms. The molecule has 0 fully saturated rings. The number of nitrogens with one attached hydrogen (secondary N) is 1. The number of hydrogen-bond donors (Lipinski definition) is 1. The molecule has 0 aliphatic carbocycles. The summed E-state index contributed by atoms with van der Waals surface area (Å²) < 4.78 is 5.56. The van der Waals surface area contributed by atoms with Gasteiger partial charge in [0.15, 0.2) is 6.61 Å². The number of carbonyl (C=O) groups is 1. The molecule has 1 heterocycles. The first-order chi connectivity index (χ1) is 9.65. The molecule has 0 aliphatic heterocycles. The Morgan fingerprint density at radius 2 is 1.95 bits per heavy atom. The number of fused-ring (bicyclic) bond motifs is 1. The maximum atomic E-state index is 11.9. The maximum absolute atomic E-state index is 11.9. The highest BCUT2D eigenvalue weighted by molar-refractivity contribution is 5.85. The highest BCUT2D eigenvalue weighted by Gasteiger charge is 2.11. The number of rotatable bonds is 5. The zero-order valence-electron chi connectivity index (χ0n) is 11.7. The highest BCUT2D eigenvalue weighted by atomic mass is 16.5. The van der Waals surface area contributed by atoms with Crippen molar-refractivity contribution in [3.63, 3.8) is 0 Å². The lowest BCUT2D eigenvalue weighted by Gasteiger charge is -2.18. The fourth-order valence-electron chi connectivity index (χ4n) is 2.08. The standard InChI is InChI=1S/C15H18N2O3/c1-3-17(4-2)14(19)10-20-12-7-5-6-11-8-9-13(18)16-15(11)12/h5-9H,3-4,10H2,1-2H3,(H,16,18). The van der Waals surface area contributed by atoms with Crippen LogP contribution in [0.3, 0.4) is 0 Å². The molecular formula is C15H18N2O3. The molecule has 2 rings (SSSR count). The summed E-state index contributed by atoms with van der Waals surface area (Å²) in [6, 6.07) is 8.65. The Morgan fingerprint density at radius 3 is 2.65 bits per heavy atom. The lowest BCUT2D eigenvalue weighted by atomic mass is 10.2. The molecule has 1 amide bonds. The van der Waals surface area contributed by atoms with Gasteiger partial charge in [0.25, 0.3) is 5.91 Å². The number of H-pyrrole nitrogens is 1. The molecule has 1 N–H and O–H groups in total. The lowest BCUT2D eigenvalue weighted by Crippen LogP contribution is -2.34. The maximum Gasteiger partial charge on any atom is 0.260 e. The number of likely N-dealkylation sites (N-methyl/N-ethyl adjacent to an activating group) is 1. The Balaban J connectivity index is 2.20. The minimum atomic E-state index is -0.191. The van der Waals surface area contributed by atoms with Crippen molar-refractivity contribution in [1.82, 2.24) is 9.88 Å². The van der Waals surface area contributed by atoms with Crippen molar-refractivity contribution >= 4 is 16.8 Å². The van der Waals surface area contributed by atoms with Crippen LogP contribution in [0, 0.1) is 0 Å². The van der Waals surface area contributed by atoms with Gasteiger partial charge < -0.3 is 14.6 Å². The number of pyridine rings is 1. The van der Waals surface area contributed by atoms with Gasteiger partial charge in [-0.15, -0.1) is 0 Å². The third-order valence-electron chi connectivity index (χ3n) is 3.19. The molecule has 0 aliphatic rings. The summed E-state index contributed by atoms with van der Waals surface area (Å²) in [7, 11) is 0. The van der Waals surface area contributed by atoms with E-state index in [1.807, 2.05) is 26.0 Å². The predicted molar refractivity (Wildman–Crippen MR) is 78.0 cm³/mol. The summed E-state index contributed by atoms with van der Waals surface area (Å²) >= 11 is 0. The topological polar surface area (TPSA) is 62.4 Å². The van der Waals surface area contributed by atoms with Crippen LogP contribution in [0.4, 0.5) is 0 Å². The second-order valence-electron chi connectivity index (χ2n) is 4.40. The van der Waals surface area contributed by atoms with Crippen molar-refractivity contribution in [3.05, 3.63) is 40.7 Å². The lowest BCUT2D eigenvalue weighted by molar-refractivity contribution is -0.132. The Hall–Kier alpha value is -2.30. The van der Waals surface area contributed by atoms with E-state index in [9.17, 15) is 9.59 Å². The van der Waals surface area contributed by atoms with E-state index in [0.29, 0.717) is 24.4 Å². The molecule has 5 heteroatoms. The Kier molecular flexibility index (Phi) is 4.40. The van der Waals surface area contributed by atoms with Gasteiger partial charge in [-0.25, -0.2) is 0 Å². The zero-order chi connectivity index (χ0) is 14.5. The Bertz CT molecular complexity index is 659. The summed E-state index contributed by atoms with van der Waals surface area (Å²) in [4.78, 5) is 27.7. The number of aromatic nitrogens is 1. The van der Waals surface area contributed by atoms with Gasteiger partial charge in [-0.3, -0.25) is 9.59 Å². The van der Waals surface area contributed by atoms with Crippen molar-refractivity contribution in [2.45, 2.75) is 13.8 Å². The molecule has 0 radical (unpaired) electrons. The van der Waals surface area contributed by atoms with Crippen molar-refractivity contribution in [3.8, 4) is 5.75 Å². The van der Waals surface area contributed by atoms with Crippen LogP contribution in [-0.4, -0.2) is 35.5 Å². The van der Waals surface area contributed by atoms with Crippen molar-refractivity contribution < 1.29 is 9.53 Å². The molecule has 1 aromatic carbocycles. The summed E-state index contributed by atoms with van der Waals surface area (Å²) in [6.07, 6.45) is 0. The Labute approximate surface area is 117 Å². The highest BCUT2D eigenvalue weighted by Crippen LogP contribution is 2.21. The summed E-state index contributed by atoms with van der Waals surface area (Å²) in [5.74, 6) is 0.450. The van der Waals surface area contributed by atoms with Gasteiger partial charge in [-0.2, -0.15) is 0 Å². The molecule has 5 nitrogen and oxygen atoms in total. The first kappa shape index (κ1) is 14.1. The smallest absolute Gasteiger partial charge is 0.260 e. The second kappa shape index (κ2) is 6.23. The van der Waals surface area contributed by atoms with Gasteiger partial charge >= 0.3 is 0 Å². The number of ether oxygens (including phenoxy) is 1. The van der Waals surface area contributed by atoms with Crippen LogP contribution < -0.4 is 10.3 Å². The van der Waals surface area contributed by atoms with Gasteiger partial charge in [-0.1, -0.05) is 12.1 Å². The molecule has 0 saturated heterocycles. The monoisotopic (exact) mass is 274 g/mol. The molecule has 2 aromatic rings. The molecule has 0 atom stereocenters. The molecule has 0 spiro atoms. The van der Waals surface area contributed by atoms with Crippen molar-refractivity contribution in [1.29, 1.82) is 0 Å². The van der Waals surface area contributed by atoms with E-state index in [2.05, 4.69) is 4.98 Å². The number of para-hydroxylation sites is 1. The van der Waals surface area contributed by atoms with E-state index in [1.54, 1.807) is 17.0 Å². The number of aromatic amines is 1. The number of nitrogens with zero attached hydrogens (tertiary/aromatic N) is 1. The van der Waals surface area contributed by atoms with E-state index >= 15 is 0 Å². The number of hydrogen-bond acceptors (Lipinski definition) is 3. The first-order valence-electron chi connectivity index (χ1n) is 6.68. The zero-order valence-corrected chi connectivity index (χ0v) is 11.7. The summed E-state index contributed by atoms with van der Waals surface area (Å²) in [6.45, 7) is 5.14. The van der Waals surface area contributed by atoms with Crippen LogP contribution in [0.25, 0.3) is 10.9 Å². The van der Waals surface area contributed by atoms with Crippen LogP contribution in [0.2, 0.25) is 0 Å². The quantitative estimate of drug-likeness (QED) is 0.904. The van der Waals surface area contributed by atoms with Crippen LogP contribution in [0.1, 0.15) is 13.8 Å². The van der Waals surface area contributed by atoms with Gasteiger partial charge in [0.2, 0.25) is 5.56 Å². The Morgan fingerprint density at radius 1 is 1.20 bits per heavy atom. The molecule has 106 valence electrons. The summed E-state index contributed by atoms with van der Waals surface area (Å²) in [5.41, 5.74) is 0.427. The van der Waals surface area contributed by atoms with Crippen LogP contribution in [-0.2, 0) is 4.79 Å². The minimum Gasteiger partial charge on any atom is -0.482 e. The predicted octanol–water partition coefficient (Wildman–Crippen LogP) is 1.78. The van der Waals surface area contributed by atoms with E-state index in [0.717, 1.165) is 5.39 Å². The van der Waals surface area contributed by atoms with E-state index in [-0.39, 0.29) is 18.1 Å². The van der Waals surface area contributed by atoms with Crippen molar-refractivity contribution in [2.75, 3.05) is 19.7 Å². The van der Waals surface area contributed by atoms with Crippen molar-refractivity contribution in [2.24, 2.45) is 0 Å². The normalized spacial score (nSPS) is 10.5. The molecule has 0 unspecified atom stereocenters. The third-order valence-corrected chi connectivity index (χ3v) is 3.19. The summed E-state index contributed by atoms with van der Waals surface area (Å²) in [5, 5.41) is 0.873. The fourth-order valence-corrected chi connectivity index (χ4v) is 2.08. The number of amides is 1. The molecular weight excluding hydrogens is 256 g/mol. The van der Waals surface area contributed by atoms with E-state index in [1.165, 1.54) is 6.07 Å².